The van der Waals surface area contributed by atoms with Crippen molar-refractivity contribution in [3.05, 3.63) is 34.3 Å². The Morgan fingerprint density at radius 3 is 2.65 bits per heavy atom. The maximum atomic E-state index is 8.54. The van der Waals surface area contributed by atoms with Crippen LogP contribution >= 0.6 is 15.9 Å². The average Bonchev–Trinajstić information content (AvgIpc) is 2.34. The van der Waals surface area contributed by atoms with Crippen LogP contribution in [-0.2, 0) is 4.74 Å². The topological polar surface area (TPSA) is 41.5 Å². The quantitative estimate of drug-likeness (QED) is 0.725. The molecule has 0 saturated heterocycles. The van der Waals surface area contributed by atoms with E-state index in [9.17, 15) is 0 Å². The van der Waals surface area contributed by atoms with E-state index >= 15 is 0 Å². The van der Waals surface area contributed by atoms with Gasteiger partial charge in [-0.1, -0.05) is 28.1 Å². The monoisotopic (exact) mass is 301 g/mol. The summed E-state index contributed by atoms with van der Waals surface area (Å²) in [5.41, 5.74) is 1.28. The van der Waals surface area contributed by atoms with Crippen molar-refractivity contribution in [2.75, 3.05) is 26.4 Å². The predicted octanol–water partition coefficient (Wildman–Crippen LogP) is 2.50. The summed E-state index contributed by atoms with van der Waals surface area (Å²) >= 11 is 3.43. The Kier molecular flexibility index (Phi) is 7.44. The number of aliphatic hydroxyl groups excluding tert-OH is 1. The number of halogens is 1. The summed E-state index contributed by atoms with van der Waals surface area (Å²) in [6, 6.07) is 8.69. The summed E-state index contributed by atoms with van der Waals surface area (Å²) in [7, 11) is 0. The van der Waals surface area contributed by atoms with E-state index in [2.05, 4.69) is 52.4 Å². The third-order valence-corrected chi connectivity index (χ3v) is 3.05. The van der Waals surface area contributed by atoms with Crippen molar-refractivity contribution in [1.29, 1.82) is 0 Å². The Morgan fingerprint density at radius 2 is 2.00 bits per heavy atom. The van der Waals surface area contributed by atoms with Crippen LogP contribution in [0.5, 0.6) is 0 Å². The number of rotatable bonds is 8. The summed E-state index contributed by atoms with van der Waals surface area (Å²) < 4.78 is 6.29. The molecule has 1 unspecified atom stereocenters. The first-order valence-electron chi connectivity index (χ1n) is 5.91. The number of hydrogen-bond donors (Lipinski definition) is 2. The molecule has 0 aliphatic heterocycles. The van der Waals surface area contributed by atoms with E-state index in [1.165, 1.54) is 5.56 Å². The summed E-state index contributed by atoms with van der Waals surface area (Å²) in [6.07, 6.45) is 0.959. The highest BCUT2D eigenvalue weighted by molar-refractivity contribution is 9.10. The lowest BCUT2D eigenvalue weighted by molar-refractivity contribution is 0.0904. The Hall–Kier alpha value is -0.420. The van der Waals surface area contributed by atoms with E-state index in [1.807, 2.05) is 0 Å². The minimum Gasteiger partial charge on any atom is -0.394 e. The smallest absolute Gasteiger partial charge is 0.0697 e. The van der Waals surface area contributed by atoms with Crippen LogP contribution in [0.15, 0.2) is 28.7 Å². The molecule has 0 aliphatic rings. The molecule has 1 atom stereocenters. The third-order valence-electron chi connectivity index (χ3n) is 2.52. The van der Waals surface area contributed by atoms with Crippen LogP contribution in [0.25, 0.3) is 0 Å². The third kappa shape index (κ3) is 6.17. The molecule has 0 amide bonds. The minimum absolute atomic E-state index is 0.0999. The van der Waals surface area contributed by atoms with Gasteiger partial charge in [-0.25, -0.2) is 0 Å². The van der Waals surface area contributed by atoms with E-state index in [-0.39, 0.29) is 6.61 Å². The highest BCUT2D eigenvalue weighted by Gasteiger charge is 2.03. The van der Waals surface area contributed by atoms with Crippen molar-refractivity contribution in [3.8, 4) is 0 Å². The molecule has 3 nitrogen and oxygen atoms in total. The zero-order chi connectivity index (χ0) is 12.5. The molecular formula is C13H20BrNO2. The number of ether oxygens (including phenoxy) is 1. The predicted molar refractivity (Wildman–Crippen MR) is 73.1 cm³/mol. The normalized spacial score (nSPS) is 12.6. The lowest BCUT2D eigenvalue weighted by Crippen LogP contribution is -2.21. The lowest BCUT2D eigenvalue weighted by atomic mass is 10.1. The summed E-state index contributed by atoms with van der Waals surface area (Å²) in [5, 5.41) is 12.0. The molecule has 17 heavy (non-hydrogen) atoms. The van der Waals surface area contributed by atoms with Gasteiger partial charge in [0.05, 0.1) is 13.2 Å². The fraction of sp³-hybridized carbons (Fsp3) is 0.538. The number of benzene rings is 1. The molecule has 0 saturated carbocycles. The Morgan fingerprint density at radius 1 is 1.29 bits per heavy atom. The first-order chi connectivity index (χ1) is 8.24. The summed E-state index contributed by atoms with van der Waals surface area (Å²) in [6.45, 7) is 4.30. The van der Waals surface area contributed by atoms with Crippen molar-refractivity contribution in [2.45, 2.75) is 19.4 Å². The zero-order valence-electron chi connectivity index (χ0n) is 10.2. The second-order valence-electron chi connectivity index (χ2n) is 3.92. The summed E-state index contributed by atoms with van der Waals surface area (Å²) in [5.74, 6) is 0. The molecule has 0 heterocycles. The van der Waals surface area contributed by atoms with E-state index in [4.69, 9.17) is 9.84 Å². The van der Waals surface area contributed by atoms with Crippen molar-refractivity contribution in [1.82, 2.24) is 5.32 Å². The van der Waals surface area contributed by atoms with E-state index in [0.717, 1.165) is 17.4 Å². The highest BCUT2D eigenvalue weighted by Crippen LogP contribution is 2.16. The van der Waals surface area contributed by atoms with Crippen molar-refractivity contribution < 1.29 is 9.84 Å². The highest BCUT2D eigenvalue weighted by atomic mass is 79.9. The van der Waals surface area contributed by atoms with Crippen LogP contribution in [0.4, 0.5) is 0 Å². The van der Waals surface area contributed by atoms with Crippen LogP contribution in [-0.4, -0.2) is 31.5 Å². The number of hydrogen-bond acceptors (Lipinski definition) is 3. The molecule has 1 aromatic rings. The van der Waals surface area contributed by atoms with Gasteiger partial charge in [0.25, 0.3) is 0 Å². The largest absolute Gasteiger partial charge is 0.394 e. The first kappa shape index (κ1) is 14.6. The van der Waals surface area contributed by atoms with Crippen LogP contribution in [0.1, 0.15) is 24.9 Å². The van der Waals surface area contributed by atoms with Gasteiger partial charge in [0, 0.05) is 17.1 Å². The number of nitrogens with one attached hydrogen (secondary N) is 1. The van der Waals surface area contributed by atoms with Crippen molar-refractivity contribution in [3.63, 3.8) is 0 Å². The van der Waals surface area contributed by atoms with E-state index in [1.54, 1.807) is 0 Å². The van der Waals surface area contributed by atoms with Crippen molar-refractivity contribution >= 4 is 15.9 Å². The Labute approximate surface area is 111 Å². The van der Waals surface area contributed by atoms with Crippen LogP contribution < -0.4 is 5.32 Å². The molecule has 0 radical (unpaired) electrons. The SMILES string of the molecule is CC(NCCCOCCO)c1ccc(Br)cc1. The van der Waals surface area contributed by atoms with Gasteiger partial charge in [-0.3, -0.25) is 0 Å². The van der Waals surface area contributed by atoms with Gasteiger partial charge in [-0.15, -0.1) is 0 Å². The van der Waals surface area contributed by atoms with Gasteiger partial charge in [-0.05, 0) is 37.6 Å². The van der Waals surface area contributed by atoms with Gasteiger partial charge in [0.15, 0.2) is 0 Å². The molecule has 0 spiro atoms. The van der Waals surface area contributed by atoms with Crippen LogP contribution in [0.3, 0.4) is 0 Å². The maximum absolute atomic E-state index is 8.54. The fourth-order valence-electron chi connectivity index (χ4n) is 1.53. The molecule has 0 fully saturated rings. The van der Waals surface area contributed by atoms with Crippen molar-refractivity contribution in [2.24, 2.45) is 0 Å². The molecule has 2 N–H and O–H groups in total. The van der Waals surface area contributed by atoms with E-state index in [0.29, 0.717) is 19.3 Å². The zero-order valence-corrected chi connectivity index (χ0v) is 11.7. The molecule has 0 bridgehead atoms. The molecule has 1 aromatic carbocycles. The lowest BCUT2D eigenvalue weighted by Gasteiger charge is -2.14. The van der Waals surface area contributed by atoms with Crippen LogP contribution in [0.2, 0.25) is 0 Å². The van der Waals surface area contributed by atoms with Gasteiger partial charge < -0.3 is 15.2 Å². The molecule has 4 heteroatoms. The molecule has 0 aliphatic carbocycles. The van der Waals surface area contributed by atoms with Crippen LogP contribution in [0, 0.1) is 0 Å². The maximum Gasteiger partial charge on any atom is 0.0697 e. The van der Waals surface area contributed by atoms with Gasteiger partial charge in [-0.2, -0.15) is 0 Å². The molecule has 1 rings (SSSR count). The fourth-order valence-corrected chi connectivity index (χ4v) is 1.79. The molecule has 0 aromatic heterocycles. The second-order valence-corrected chi connectivity index (χ2v) is 4.83. The average molecular weight is 302 g/mol. The van der Waals surface area contributed by atoms with E-state index < -0.39 is 0 Å². The minimum atomic E-state index is 0.0999. The van der Waals surface area contributed by atoms with Gasteiger partial charge >= 0.3 is 0 Å². The number of aliphatic hydroxyl groups is 1. The Bertz CT molecular complexity index is 303. The first-order valence-corrected chi connectivity index (χ1v) is 6.71. The van der Waals surface area contributed by atoms with Gasteiger partial charge in [0.2, 0.25) is 0 Å². The molecular weight excluding hydrogens is 282 g/mol. The Balaban J connectivity index is 2.16. The summed E-state index contributed by atoms with van der Waals surface area (Å²) in [4.78, 5) is 0. The molecule has 96 valence electrons. The second kappa shape index (κ2) is 8.64. The standard InChI is InChI=1S/C13H20BrNO2/c1-11(12-3-5-13(14)6-4-12)15-7-2-9-17-10-8-16/h3-6,11,15-16H,2,7-10H2,1H3. The van der Waals surface area contributed by atoms with Gasteiger partial charge in [0.1, 0.15) is 0 Å².